The summed E-state index contributed by atoms with van der Waals surface area (Å²) in [4.78, 5) is 10.7. The molecule has 0 heterocycles. The predicted molar refractivity (Wildman–Crippen MR) is 66.5 cm³/mol. The molecule has 0 saturated carbocycles. The van der Waals surface area contributed by atoms with E-state index < -0.39 is 5.91 Å². The Morgan fingerprint density at radius 2 is 2.25 bits per heavy atom. The zero-order chi connectivity index (χ0) is 12.0. The lowest BCUT2D eigenvalue weighted by Gasteiger charge is -2.11. The fourth-order valence-electron chi connectivity index (χ4n) is 1.33. The Hall–Kier alpha value is -1.07. The van der Waals surface area contributed by atoms with E-state index in [0.717, 1.165) is 16.6 Å². The van der Waals surface area contributed by atoms with Crippen LogP contribution in [-0.2, 0) is 4.79 Å². The van der Waals surface area contributed by atoms with Crippen molar-refractivity contribution in [3.05, 3.63) is 29.8 Å². The highest BCUT2D eigenvalue weighted by molar-refractivity contribution is 9.09. The van der Waals surface area contributed by atoms with Gasteiger partial charge in [-0.3, -0.25) is 4.79 Å². The second-order valence-corrected chi connectivity index (χ2v) is 4.18. The fraction of sp³-hybridized carbons (Fsp3) is 0.364. The third-order valence-electron chi connectivity index (χ3n) is 2.05. The number of benzene rings is 1. The van der Waals surface area contributed by atoms with Crippen LogP contribution in [0.4, 0.5) is 0 Å². The SMILES string of the molecule is NC(=O)CC(N)c1cccc(OCCBr)c1. The number of amides is 1. The van der Waals surface area contributed by atoms with Crippen molar-refractivity contribution in [2.24, 2.45) is 11.5 Å². The molecule has 0 radical (unpaired) electrons. The van der Waals surface area contributed by atoms with Crippen LogP contribution >= 0.6 is 15.9 Å². The number of halogens is 1. The van der Waals surface area contributed by atoms with Gasteiger partial charge in [0.1, 0.15) is 5.75 Å². The Kier molecular flexibility index (Phi) is 5.28. The maximum absolute atomic E-state index is 10.7. The van der Waals surface area contributed by atoms with Crippen molar-refractivity contribution < 1.29 is 9.53 Å². The van der Waals surface area contributed by atoms with Crippen LogP contribution in [0.5, 0.6) is 5.75 Å². The Bertz CT molecular complexity index is 358. The number of primary amides is 1. The third kappa shape index (κ3) is 4.20. The van der Waals surface area contributed by atoms with Crippen molar-refractivity contribution in [2.75, 3.05) is 11.9 Å². The zero-order valence-corrected chi connectivity index (χ0v) is 10.4. The first kappa shape index (κ1) is 13.0. The summed E-state index contributed by atoms with van der Waals surface area (Å²) in [5.74, 6) is 0.344. The molecular weight excluding hydrogens is 272 g/mol. The van der Waals surface area contributed by atoms with Crippen LogP contribution < -0.4 is 16.2 Å². The first-order chi connectivity index (χ1) is 7.63. The summed E-state index contributed by atoms with van der Waals surface area (Å²) >= 11 is 3.28. The summed E-state index contributed by atoms with van der Waals surface area (Å²) in [5.41, 5.74) is 11.8. The molecule has 4 nitrogen and oxygen atoms in total. The standard InChI is InChI=1S/C11H15BrN2O2/c12-4-5-16-9-3-1-2-8(6-9)10(13)7-11(14)15/h1-3,6,10H,4-5,7,13H2,(H2,14,15). The van der Waals surface area contributed by atoms with Crippen LogP contribution in [0.25, 0.3) is 0 Å². The maximum Gasteiger partial charge on any atom is 0.219 e. The molecule has 0 aromatic heterocycles. The van der Waals surface area contributed by atoms with Gasteiger partial charge in [-0.2, -0.15) is 0 Å². The fourth-order valence-corrected chi connectivity index (χ4v) is 1.49. The van der Waals surface area contributed by atoms with Gasteiger partial charge in [-0.1, -0.05) is 28.1 Å². The number of hydrogen-bond acceptors (Lipinski definition) is 3. The van der Waals surface area contributed by atoms with Crippen molar-refractivity contribution in [3.8, 4) is 5.75 Å². The Balaban J connectivity index is 2.69. The van der Waals surface area contributed by atoms with Crippen LogP contribution in [0.1, 0.15) is 18.0 Å². The van der Waals surface area contributed by atoms with E-state index in [1.165, 1.54) is 0 Å². The number of carbonyl (C=O) groups is 1. The first-order valence-corrected chi connectivity index (χ1v) is 6.08. The van der Waals surface area contributed by atoms with Gasteiger partial charge in [-0.15, -0.1) is 0 Å². The second kappa shape index (κ2) is 6.50. The molecule has 5 heteroatoms. The summed E-state index contributed by atoms with van der Waals surface area (Å²) in [7, 11) is 0. The van der Waals surface area contributed by atoms with Gasteiger partial charge in [0.25, 0.3) is 0 Å². The molecular formula is C11H15BrN2O2. The van der Waals surface area contributed by atoms with Gasteiger partial charge in [-0.05, 0) is 17.7 Å². The molecule has 1 aromatic carbocycles. The van der Waals surface area contributed by atoms with Crippen LogP contribution in [0.15, 0.2) is 24.3 Å². The second-order valence-electron chi connectivity index (χ2n) is 3.39. The van der Waals surface area contributed by atoms with Gasteiger partial charge in [0.05, 0.1) is 6.61 Å². The van der Waals surface area contributed by atoms with E-state index in [9.17, 15) is 4.79 Å². The van der Waals surface area contributed by atoms with Gasteiger partial charge in [0, 0.05) is 17.8 Å². The molecule has 16 heavy (non-hydrogen) atoms. The molecule has 1 atom stereocenters. The van der Waals surface area contributed by atoms with Gasteiger partial charge in [0.2, 0.25) is 5.91 Å². The minimum atomic E-state index is -0.403. The number of alkyl halides is 1. The van der Waals surface area contributed by atoms with Gasteiger partial charge in [-0.25, -0.2) is 0 Å². The third-order valence-corrected chi connectivity index (χ3v) is 2.38. The van der Waals surface area contributed by atoms with Crippen molar-refractivity contribution >= 4 is 21.8 Å². The van der Waals surface area contributed by atoms with Crippen molar-refractivity contribution in [1.29, 1.82) is 0 Å². The molecule has 1 rings (SSSR count). The van der Waals surface area contributed by atoms with Crippen molar-refractivity contribution in [2.45, 2.75) is 12.5 Å². The van der Waals surface area contributed by atoms with Gasteiger partial charge >= 0.3 is 0 Å². The Morgan fingerprint density at radius 1 is 1.50 bits per heavy atom. The summed E-state index contributed by atoms with van der Waals surface area (Å²) in [6.45, 7) is 0.592. The highest BCUT2D eigenvalue weighted by Crippen LogP contribution is 2.19. The van der Waals surface area contributed by atoms with Gasteiger partial charge < -0.3 is 16.2 Å². The molecule has 0 aliphatic carbocycles. The highest BCUT2D eigenvalue weighted by atomic mass is 79.9. The number of nitrogens with two attached hydrogens (primary N) is 2. The zero-order valence-electron chi connectivity index (χ0n) is 8.86. The van der Waals surface area contributed by atoms with Crippen LogP contribution in [-0.4, -0.2) is 17.8 Å². The number of hydrogen-bond donors (Lipinski definition) is 2. The monoisotopic (exact) mass is 286 g/mol. The van der Waals surface area contributed by atoms with Crippen LogP contribution in [0.3, 0.4) is 0 Å². The summed E-state index contributed by atoms with van der Waals surface area (Å²) in [5, 5.41) is 0.768. The molecule has 0 bridgehead atoms. The lowest BCUT2D eigenvalue weighted by molar-refractivity contribution is -0.118. The van der Waals surface area contributed by atoms with E-state index in [1.54, 1.807) is 0 Å². The molecule has 88 valence electrons. The summed E-state index contributed by atoms with van der Waals surface area (Å²) < 4.78 is 5.43. The van der Waals surface area contributed by atoms with E-state index >= 15 is 0 Å². The van der Waals surface area contributed by atoms with E-state index in [2.05, 4.69) is 15.9 Å². The Morgan fingerprint density at radius 3 is 2.88 bits per heavy atom. The summed E-state index contributed by atoms with van der Waals surface area (Å²) in [6.07, 6.45) is 0.141. The predicted octanol–water partition coefficient (Wildman–Crippen LogP) is 1.34. The largest absolute Gasteiger partial charge is 0.493 e. The smallest absolute Gasteiger partial charge is 0.219 e. The maximum atomic E-state index is 10.7. The topological polar surface area (TPSA) is 78.3 Å². The molecule has 1 aromatic rings. The van der Waals surface area contributed by atoms with Crippen LogP contribution in [0, 0.1) is 0 Å². The van der Waals surface area contributed by atoms with Gasteiger partial charge in [0.15, 0.2) is 0 Å². The van der Waals surface area contributed by atoms with Crippen molar-refractivity contribution in [1.82, 2.24) is 0 Å². The van der Waals surface area contributed by atoms with Crippen LogP contribution in [0.2, 0.25) is 0 Å². The quantitative estimate of drug-likeness (QED) is 0.775. The van der Waals surface area contributed by atoms with Crippen molar-refractivity contribution in [3.63, 3.8) is 0 Å². The first-order valence-electron chi connectivity index (χ1n) is 4.96. The lowest BCUT2D eigenvalue weighted by atomic mass is 10.0. The van der Waals surface area contributed by atoms with E-state index in [1.807, 2.05) is 24.3 Å². The number of rotatable bonds is 6. The molecule has 0 fully saturated rings. The highest BCUT2D eigenvalue weighted by Gasteiger charge is 2.09. The average Bonchev–Trinajstić information content (AvgIpc) is 2.26. The minimum Gasteiger partial charge on any atom is -0.493 e. The molecule has 0 aliphatic heterocycles. The minimum absolute atomic E-state index is 0.141. The molecule has 0 saturated heterocycles. The number of ether oxygens (including phenoxy) is 1. The van der Waals surface area contributed by atoms with E-state index in [-0.39, 0.29) is 12.5 Å². The van der Waals surface area contributed by atoms with E-state index in [4.69, 9.17) is 16.2 Å². The molecule has 0 spiro atoms. The Labute approximate surface area is 103 Å². The van der Waals surface area contributed by atoms with E-state index in [0.29, 0.717) is 6.61 Å². The molecule has 1 amide bonds. The average molecular weight is 287 g/mol. The molecule has 0 aliphatic rings. The summed E-state index contributed by atoms with van der Waals surface area (Å²) in [6, 6.07) is 7.01. The number of carbonyl (C=O) groups excluding carboxylic acids is 1. The normalized spacial score (nSPS) is 12.1. The lowest BCUT2D eigenvalue weighted by Crippen LogP contribution is -2.20. The molecule has 4 N–H and O–H groups in total. The molecule has 1 unspecified atom stereocenters.